The number of ether oxygens (including phenoxy) is 1. The number of rotatable bonds is 4. The van der Waals surface area contributed by atoms with Gasteiger partial charge in [0.1, 0.15) is 6.04 Å². The largest absolute Gasteiger partial charge is 0.481 e. The number of methoxy groups -OCH3 is 1. The molecule has 0 aromatic carbocycles. The molecular weight excluding hydrogens is 256 g/mol. The average molecular weight is 276 g/mol. The molecule has 1 aliphatic heterocycles. The van der Waals surface area contributed by atoms with Gasteiger partial charge in [0.2, 0.25) is 5.88 Å². The van der Waals surface area contributed by atoms with Gasteiger partial charge in [0.15, 0.2) is 0 Å². The highest BCUT2D eigenvalue weighted by Gasteiger charge is 2.47. The fourth-order valence-electron chi connectivity index (χ4n) is 3.76. The van der Waals surface area contributed by atoms with Crippen molar-refractivity contribution >= 4 is 5.97 Å². The third-order valence-electron chi connectivity index (χ3n) is 4.59. The minimum absolute atomic E-state index is 0.318. The number of likely N-dealkylation sites (tertiary alicyclic amines) is 1. The second kappa shape index (κ2) is 5.40. The lowest BCUT2D eigenvalue weighted by Crippen LogP contribution is -2.39. The Balaban J connectivity index is 1.77. The summed E-state index contributed by atoms with van der Waals surface area (Å²) >= 11 is 0. The molecule has 5 nitrogen and oxygen atoms in total. The molecule has 0 radical (unpaired) electrons. The minimum atomic E-state index is -0.692. The minimum Gasteiger partial charge on any atom is -0.481 e. The highest BCUT2D eigenvalue weighted by Crippen LogP contribution is 2.42. The Kier molecular flexibility index (Phi) is 3.61. The number of aromatic nitrogens is 1. The van der Waals surface area contributed by atoms with Crippen LogP contribution in [0.4, 0.5) is 0 Å². The van der Waals surface area contributed by atoms with Crippen molar-refractivity contribution in [2.75, 3.05) is 13.7 Å². The van der Waals surface area contributed by atoms with E-state index in [1.807, 2.05) is 12.1 Å². The molecule has 3 atom stereocenters. The van der Waals surface area contributed by atoms with Crippen LogP contribution in [0.1, 0.15) is 25.0 Å². The first-order chi connectivity index (χ1) is 9.69. The van der Waals surface area contributed by atoms with Crippen LogP contribution in [0.3, 0.4) is 0 Å². The van der Waals surface area contributed by atoms with Gasteiger partial charge in [-0.15, -0.1) is 0 Å². The Morgan fingerprint density at radius 1 is 1.50 bits per heavy atom. The highest BCUT2D eigenvalue weighted by molar-refractivity contribution is 5.74. The lowest BCUT2D eigenvalue weighted by atomic mass is 9.94. The quantitative estimate of drug-likeness (QED) is 0.908. The maximum Gasteiger partial charge on any atom is 0.321 e. The lowest BCUT2D eigenvalue weighted by Gasteiger charge is -2.23. The lowest BCUT2D eigenvalue weighted by molar-refractivity contribution is -0.143. The fourth-order valence-corrected chi connectivity index (χ4v) is 3.76. The van der Waals surface area contributed by atoms with Gasteiger partial charge in [0, 0.05) is 19.2 Å². The van der Waals surface area contributed by atoms with E-state index in [0.29, 0.717) is 24.3 Å². The van der Waals surface area contributed by atoms with Crippen LogP contribution in [-0.4, -0.2) is 40.7 Å². The number of carboxylic acids is 1. The Hall–Kier alpha value is -1.62. The maximum atomic E-state index is 11.6. The molecule has 1 N–H and O–H groups in total. The van der Waals surface area contributed by atoms with Crippen LogP contribution in [0.5, 0.6) is 5.88 Å². The van der Waals surface area contributed by atoms with Gasteiger partial charge in [-0.25, -0.2) is 4.98 Å². The SMILES string of the molecule is COc1cccc(CN2CC3CCCC3C2C(=O)O)n1. The summed E-state index contributed by atoms with van der Waals surface area (Å²) < 4.78 is 5.12. The molecule has 5 heteroatoms. The van der Waals surface area contributed by atoms with Gasteiger partial charge in [0.05, 0.1) is 12.8 Å². The standard InChI is InChI=1S/C15H20N2O3/c1-20-13-7-3-5-11(16-13)9-17-8-10-4-2-6-12(10)14(17)15(18)19/h3,5,7,10,12,14H,2,4,6,8-9H2,1H3,(H,18,19). The second-order valence-corrected chi connectivity index (χ2v) is 5.74. The van der Waals surface area contributed by atoms with E-state index in [1.54, 1.807) is 13.2 Å². The molecule has 0 bridgehead atoms. The van der Waals surface area contributed by atoms with Gasteiger partial charge in [-0.2, -0.15) is 0 Å². The molecule has 1 saturated carbocycles. The van der Waals surface area contributed by atoms with Gasteiger partial charge in [-0.05, 0) is 30.7 Å². The first kappa shape index (κ1) is 13.4. The Bertz CT molecular complexity index is 506. The number of aliphatic carboxylic acids is 1. The molecule has 3 rings (SSSR count). The molecular formula is C15H20N2O3. The fraction of sp³-hybridized carbons (Fsp3) is 0.600. The number of hydrogen-bond donors (Lipinski definition) is 1. The van der Waals surface area contributed by atoms with Crippen LogP contribution in [0.25, 0.3) is 0 Å². The van der Waals surface area contributed by atoms with Gasteiger partial charge in [0.25, 0.3) is 0 Å². The molecule has 0 spiro atoms. The molecule has 3 unspecified atom stereocenters. The predicted octanol–water partition coefficient (Wildman–Crippen LogP) is 1.78. The summed E-state index contributed by atoms with van der Waals surface area (Å²) in [6.07, 6.45) is 3.38. The monoisotopic (exact) mass is 276 g/mol. The first-order valence-electron chi connectivity index (χ1n) is 7.16. The number of nitrogens with zero attached hydrogens (tertiary/aromatic N) is 2. The van der Waals surface area contributed by atoms with Crippen molar-refractivity contribution in [2.45, 2.75) is 31.8 Å². The van der Waals surface area contributed by atoms with Gasteiger partial charge in [-0.1, -0.05) is 12.5 Å². The van der Waals surface area contributed by atoms with Crippen molar-refractivity contribution in [1.82, 2.24) is 9.88 Å². The van der Waals surface area contributed by atoms with E-state index in [2.05, 4.69) is 9.88 Å². The predicted molar refractivity (Wildman–Crippen MR) is 73.5 cm³/mol. The summed E-state index contributed by atoms with van der Waals surface area (Å²) in [5.41, 5.74) is 0.871. The summed E-state index contributed by atoms with van der Waals surface area (Å²) in [5.74, 6) is 0.746. The van der Waals surface area contributed by atoms with E-state index < -0.39 is 5.97 Å². The smallest absolute Gasteiger partial charge is 0.321 e. The molecule has 2 fully saturated rings. The topological polar surface area (TPSA) is 62.7 Å². The zero-order valence-corrected chi connectivity index (χ0v) is 11.7. The molecule has 2 aliphatic rings. The van der Waals surface area contributed by atoms with Crippen molar-refractivity contribution in [3.63, 3.8) is 0 Å². The highest BCUT2D eigenvalue weighted by atomic mass is 16.5. The molecule has 1 aliphatic carbocycles. The van der Waals surface area contributed by atoms with Crippen LogP contribution in [-0.2, 0) is 11.3 Å². The van der Waals surface area contributed by atoms with Crippen LogP contribution in [0.15, 0.2) is 18.2 Å². The molecule has 0 amide bonds. The summed E-state index contributed by atoms with van der Waals surface area (Å²) in [6, 6.07) is 5.27. The first-order valence-corrected chi connectivity index (χ1v) is 7.16. The molecule has 1 aromatic rings. The van der Waals surface area contributed by atoms with Crippen molar-refractivity contribution in [1.29, 1.82) is 0 Å². The molecule has 1 saturated heterocycles. The Labute approximate surface area is 118 Å². The zero-order chi connectivity index (χ0) is 14.1. The molecule has 20 heavy (non-hydrogen) atoms. The van der Waals surface area contributed by atoms with E-state index in [4.69, 9.17) is 4.74 Å². The van der Waals surface area contributed by atoms with Gasteiger partial charge >= 0.3 is 5.97 Å². The van der Waals surface area contributed by atoms with Crippen molar-refractivity contribution < 1.29 is 14.6 Å². The van der Waals surface area contributed by atoms with Gasteiger partial charge < -0.3 is 9.84 Å². The van der Waals surface area contributed by atoms with Crippen molar-refractivity contribution in [2.24, 2.45) is 11.8 Å². The maximum absolute atomic E-state index is 11.6. The van der Waals surface area contributed by atoms with E-state index in [0.717, 1.165) is 25.1 Å². The Morgan fingerprint density at radius 2 is 2.35 bits per heavy atom. The van der Waals surface area contributed by atoms with E-state index in [-0.39, 0.29) is 6.04 Å². The third kappa shape index (κ3) is 2.38. The summed E-state index contributed by atoms with van der Waals surface area (Å²) in [6.45, 7) is 1.46. The molecule has 1 aromatic heterocycles. The van der Waals surface area contributed by atoms with E-state index >= 15 is 0 Å². The number of hydrogen-bond acceptors (Lipinski definition) is 4. The normalized spacial score (nSPS) is 29.4. The van der Waals surface area contributed by atoms with Crippen LogP contribution in [0.2, 0.25) is 0 Å². The number of carboxylic acid groups (broad SMARTS) is 1. The number of carbonyl (C=O) groups is 1. The number of pyridine rings is 1. The molecule has 2 heterocycles. The van der Waals surface area contributed by atoms with E-state index in [1.165, 1.54) is 6.42 Å². The third-order valence-corrected chi connectivity index (χ3v) is 4.59. The van der Waals surface area contributed by atoms with E-state index in [9.17, 15) is 9.90 Å². The second-order valence-electron chi connectivity index (χ2n) is 5.74. The summed E-state index contributed by atoms with van der Waals surface area (Å²) in [4.78, 5) is 18.0. The number of fused-ring (bicyclic) bond motifs is 1. The van der Waals surface area contributed by atoms with Crippen LogP contribution < -0.4 is 4.74 Å². The zero-order valence-electron chi connectivity index (χ0n) is 11.7. The van der Waals surface area contributed by atoms with Crippen molar-refractivity contribution in [3.05, 3.63) is 23.9 Å². The average Bonchev–Trinajstić information content (AvgIpc) is 2.98. The van der Waals surface area contributed by atoms with Crippen LogP contribution in [0, 0.1) is 11.8 Å². The van der Waals surface area contributed by atoms with Crippen molar-refractivity contribution in [3.8, 4) is 5.88 Å². The summed E-state index contributed by atoms with van der Waals surface area (Å²) in [7, 11) is 1.59. The summed E-state index contributed by atoms with van der Waals surface area (Å²) in [5, 5.41) is 9.52. The Morgan fingerprint density at radius 3 is 3.10 bits per heavy atom. The molecule has 108 valence electrons. The van der Waals surface area contributed by atoms with Crippen LogP contribution >= 0.6 is 0 Å². The van der Waals surface area contributed by atoms with Gasteiger partial charge in [-0.3, -0.25) is 9.69 Å².